The first-order valence-corrected chi connectivity index (χ1v) is 6.91. The molecule has 0 saturated heterocycles. The summed E-state index contributed by atoms with van der Waals surface area (Å²) < 4.78 is 14.1. The average Bonchev–Trinajstić information content (AvgIpc) is 2.89. The van der Waals surface area contributed by atoms with E-state index in [2.05, 4.69) is 15.7 Å². The lowest BCUT2D eigenvalue weighted by Crippen LogP contribution is -2.36. The van der Waals surface area contributed by atoms with Crippen molar-refractivity contribution in [2.45, 2.75) is 6.54 Å². The number of benzene rings is 1. The van der Waals surface area contributed by atoms with Gasteiger partial charge in [-0.3, -0.25) is 14.3 Å². The Kier molecular flexibility index (Phi) is 5.48. The second kappa shape index (κ2) is 7.56. The molecule has 0 fully saturated rings. The van der Waals surface area contributed by atoms with Crippen LogP contribution in [0.3, 0.4) is 0 Å². The van der Waals surface area contributed by atoms with Gasteiger partial charge in [0.1, 0.15) is 12.4 Å². The van der Waals surface area contributed by atoms with E-state index in [9.17, 15) is 14.0 Å². The van der Waals surface area contributed by atoms with E-state index in [-0.39, 0.29) is 31.4 Å². The van der Waals surface area contributed by atoms with Crippen molar-refractivity contribution < 1.29 is 14.0 Å². The number of nitrogens with zero attached hydrogens (tertiary/aromatic N) is 2. The molecule has 0 saturated carbocycles. The van der Waals surface area contributed by atoms with Gasteiger partial charge in [0.05, 0.1) is 11.2 Å². The molecule has 116 valence electrons. The fourth-order valence-electron chi connectivity index (χ4n) is 1.71. The van der Waals surface area contributed by atoms with Crippen LogP contribution < -0.4 is 10.6 Å². The zero-order valence-electron chi connectivity index (χ0n) is 11.6. The fraction of sp³-hybridized carbons (Fsp3) is 0.214. The Bertz CT molecular complexity index is 657. The highest BCUT2D eigenvalue weighted by molar-refractivity contribution is 6.30. The molecule has 2 rings (SSSR count). The molecular weight excluding hydrogens is 311 g/mol. The summed E-state index contributed by atoms with van der Waals surface area (Å²) in [6.45, 7) is 0.598. The zero-order valence-corrected chi connectivity index (χ0v) is 12.3. The normalized spacial score (nSPS) is 10.3. The smallest absolute Gasteiger partial charge is 0.251 e. The molecule has 1 aromatic carbocycles. The van der Waals surface area contributed by atoms with Gasteiger partial charge in [-0.15, -0.1) is 0 Å². The Labute approximate surface area is 131 Å². The molecule has 2 aromatic rings. The summed E-state index contributed by atoms with van der Waals surface area (Å²) in [7, 11) is 0. The van der Waals surface area contributed by atoms with Gasteiger partial charge in [-0.05, 0) is 24.3 Å². The highest BCUT2D eigenvalue weighted by Crippen LogP contribution is 2.04. The second-order valence-corrected chi connectivity index (χ2v) is 4.91. The van der Waals surface area contributed by atoms with Crippen LogP contribution >= 0.6 is 11.6 Å². The van der Waals surface area contributed by atoms with Gasteiger partial charge in [0.25, 0.3) is 5.91 Å². The van der Waals surface area contributed by atoms with E-state index < -0.39 is 5.82 Å². The third kappa shape index (κ3) is 4.85. The number of aromatic nitrogens is 2. The van der Waals surface area contributed by atoms with Crippen molar-refractivity contribution in [2.24, 2.45) is 0 Å². The van der Waals surface area contributed by atoms with Crippen molar-refractivity contribution in [3.8, 4) is 0 Å². The molecule has 1 aromatic heterocycles. The van der Waals surface area contributed by atoms with Crippen LogP contribution in [0.1, 0.15) is 10.4 Å². The third-order valence-corrected chi connectivity index (χ3v) is 2.94. The number of halogens is 2. The molecule has 0 bridgehead atoms. The van der Waals surface area contributed by atoms with Crippen molar-refractivity contribution in [3.63, 3.8) is 0 Å². The Morgan fingerprint density at radius 3 is 2.50 bits per heavy atom. The first kappa shape index (κ1) is 16.0. The second-order valence-electron chi connectivity index (χ2n) is 4.47. The molecule has 0 atom stereocenters. The lowest BCUT2D eigenvalue weighted by atomic mass is 10.2. The fourth-order valence-corrected chi connectivity index (χ4v) is 1.87. The summed E-state index contributed by atoms with van der Waals surface area (Å²) in [5.74, 6) is -0.966. The molecule has 0 spiro atoms. The van der Waals surface area contributed by atoms with Crippen molar-refractivity contribution in [1.29, 1.82) is 0 Å². The van der Waals surface area contributed by atoms with Gasteiger partial charge in [0, 0.05) is 24.8 Å². The molecular formula is C14H14ClFN4O2. The number of hydrogen-bond acceptors (Lipinski definition) is 3. The van der Waals surface area contributed by atoms with E-state index in [4.69, 9.17) is 11.6 Å². The summed E-state index contributed by atoms with van der Waals surface area (Å²) in [4.78, 5) is 23.3. The Hall–Kier alpha value is -2.41. The highest BCUT2D eigenvalue weighted by Gasteiger charge is 2.06. The van der Waals surface area contributed by atoms with E-state index in [1.54, 1.807) is 0 Å². The van der Waals surface area contributed by atoms with E-state index >= 15 is 0 Å². The molecule has 6 nitrogen and oxygen atoms in total. The van der Waals surface area contributed by atoms with Gasteiger partial charge in [-0.2, -0.15) is 5.10 Å². The number of carbonyl (C=O) groups is 2. The van der Waals surface area contributed by atoms with Crippen molar-refractivity contribution in [3.05, 3.63) is 53.1 Å². The lowest BCUT2D eigenvalue weighted by molar-refractivity contribution is -0.121. The van der Waals surface area contributed by atoms with Crippen LogP contribution in [0.2, 0.25) is 5.02 Å². The topological polar surface area (TPSA) is 76.0 Å². The first-order chi connectivity index (χ1) is 10.5. The monoisotopic (exact) mass is 324 g/mol. The molecule has 0 aliphatic carbocycles. The molecule has 2 N–H and O–H groups in total. The minimum atomic E-state index is -0.400. The van der Waals surface area contributed by atoms with Crippen LogP contribution in [0.4, 0.5) is 4.39 Å². The molecule has 0 radical (unpaired) electrons. The van der Waals surface area contributed by atoms with E-state index in [1.165, 1.54) is 41.3 Å². The van der Waals surface area contributed by atoms with E-state index in [0.717, 1.165) is 0 Å². The van der Waals surface area contributed by atoms with E-state index in [0.29, 0.717) is 10.6 Å². The van der Waals surface area contributed by atoms with Crippen molar-refractivity contribution in [1.82, 2.24) is 20.4 Å². The number of rotatable bonds is 6. The van der Waals surface area contributed by atoms with Crippen LogP contribution in [0.25, 0.3) is 0 Å². The Morgan fingerprint density at radius 2 is 1.86 bits per heavy atom. The van der Waals surface area contributed by atoms with Crippen LogP contribution in [-0.4, -0.2) is 34.7 Å². The van der Waals surface area contributed by atoms with Gasteiger partial charge in [0.15, 0.2) is 0 Å². The Morgan fingerprint density at radius 1 is 1.18 bits per heavy atom. The van der Waals surface area contributed by atoms with Crippen LogP contribution in [-0.2, 0) is 11.3 Å². The van der Waals surface area contributed by atoms with Gasteiger partial charge >= 0.3 is 0 Å². The minimum absolute atomic E-state index is 0.0542. The molecule has 1 heterocycles. The van der Waals surface area contributed by atoms with Gasteiger partial charge < -0.3 is 10.6 Å². The lowest BCUT2D eigenvalue weighted by Gasteiger charge is -2.07. The predicted octanol–water partition coefficient (Wildman–Crippen LogP) is 1.22. The summed E-state index contributed by atoms with van der Waals surface area (Å²) in [6, 6.07) is 5.22. The third-order valence-electron chi connectivity index (χ3n) is 2.75. The largest absolute Gasteiger partial charge is 0.353 e. The van der Waals surface area contributed by atoms with Gasteiger partial charge in [0.2, 0.25) is 5.91 Å². The van der Waals surface area contributed by atoms with E-state index in [1.807, 2.05) is 0 Å². The maximum atomic E-state index is 12.7. The van der Waals surface area contributed by atoms with Gasteiger partial charge in [-0.25, -0.2) is 4.39 Å². The van der Waals surface area contributed by atoms with Crippen molar-refractivity contribution >= 4 is 23.4 Å². The molecule has 0 aliphatic rings. The van der Waals surface area contributed by atoms with Gasteiger partial charge in [-0.1, -0.05) is 11.6 Å². The van der Waals surface area contributed by atoms with Crippen LogP contribution in [0, 0.1) is 5.82 Å². The van der Waals surface area contributed by atoms with Crippen LogP contribution in [0.15, 0.2) is 36.7 Å². The average molecular weight is 325 g/mol. The maximum Gasteiger partial charge on any atom is 0.251 e. The minimum Gasteiger partial charge on any atom is -0.353 e. The van der Waals surface area contributed by atoms with Crippen molar-refractivity contribution in [2.75, 3.05) is 13.1 Å². The molecule has 0 unspecified atom stereocenters. The number of carbonyl (C=O) groups excluding carboxylic acids is 2. The summed E-state index contributed by atoms with van der Waals surface area (Å²) in [6.07, 6.45) is 2.98. The molecule has 22 heavy (non-hydrogen) atoms. The highest BCUT2D eigenvalue weighted by atomic mass is 35.5. The molecule has 0 aliphatic heterocycles. The number of nitrogens with one attached hydrogen (secondary N) is 2. The number of amides is 2. The first-order valence-electron chi connectivity index (χ1n) is 6.53. The molecule has 2 amide bonds. The van der Waals surface area contributed by atoms with Crippen LogP contribution in [0.5, 0.6) is 0 Å². The Balaban J connectivity index is 1.67. The summed E-state index contributed by atoms with van der Waals surface area (Å²) in [5.41, 5.74) is 0.360. The standard InChI is InChI=1S/C14H14ClFN4O2/c15-11-7-19-20(8-11)9-13(21)17-5-6-18-14(22)10-1-3-12(16)4-2-10/h1-4,7-8H,5-6,9H2,(H,17,21)(H,18,22). The predicted molar refractivity (Wildman–Crippen MR) is 79.0 cm³/mol. The molecule has 8 heteroatoms. The summed E-state index contributed by atoms with van der Waals surface area (Å²) >= 11 is 5.69. The number of hydrogen-bond donors (Lipinski definition) is 2. The quantitative estimate of drug-likeness (QED) is 0.785. The SMILES string of the molecule is O=C(Cn1cc(Cl)cn1)NCCNC(=O)c1ccc(F)cc1. The summed E-state index contributed by atoms with van der Waals surface area (Å²) in [5, 5.41) is 9.60. The zero-order chi connectivity index (χ0) is 15.9. The maximum absolute atomic E-state index is 12.7.